The molecule has 0 saturated carbocycles. The fourth-order valence-corrected chi connectivity index (χ4v) is 3.80. The Morgan fingerprint density at radius 1 is 1.09 bits per heavy atom. The molecule has 0 bridgehead atoms. The number of urea groups is 1. The topological polar surface area (TPSA) is 106 Å². The first-order valence-electron chi connectivity index (χ1n) is 10.1. The summed E-state index contributed by atoms with van der Waals surface area (Å²) in [4.78, 5) is 16.8. The zero-order valence-electron chi connectivity index (χ0n) is 18.2. The zero-order valence-corrected chi connectivity index (χ0v) is 19.1. The van der Waals surface area contributed by atoms with Gasteiger partial charge >= 0.3 is 6.03 Å². The van der Waals surface area contributed by atoms with E-state index in [4.69, 9.17) is 0 Å². The standard InChI is InChI=1S/C23H22FN5O3S/c1-13-4-9-19(24)21(10-13)28-23(30)26-16-7-5-15(6-8-16)17-11-20(14(2)33(31)32)27-22-18(17)12-25-29(22)3/h4-12,14,33H,1-3H3,(H2,26,28,30). The maximum absolute atomic E-state index is 13.9. The van der Waals surface area contributed by atoms with E-state index < -0.39 is 27.8 Å². The third kappa shape index (κ3) is 4.70. The summed E-state index contributed by atoms with van der Waals surface area (Å²) < 4.78 is 38.5. The number of hydrogen-bond acceptors (Lipinski definition) is 5. The SMILES string of the molecule is Cc1ccc(F)c(NC(=O)Nc2ccc(-c3cc(C(C)[SH](=O)=O)nc4c3cnn4C)cc2)c1. The van der Waals surface area contributed by atoms with Gasteiger partial charge in [-0.1, -0.05) is 18.2 Å². The van der Waals surface area contributed by atoms with Gasteiger partial charge < -0.3 is 10.6 Å². The van der Waals surface area contributed by atoms with Crippen molar-refractivity contribution in [3.63, 3.8) is 0 Å². The summed E-state index contributed by atoms with van der Waals surface area (Å²) in [7, 11) is -0.941. The van der Waals surface area contributed by atoms with Gasteiger partial charge in [0.1, 0.15) is 16.5 Å². The van der Waals surface area contributed by atoms with Gasteiger partial charge in [-0.25, -0.2) is 22.6 Å². The second-order valence-corrected chi connectivity index (χ2v) is 9.05. The molecule has 0 aliphatic heterocycles. The van der Waals surface area contributed by atoms with E-state index in [9.17, 15) is 17.6 Å². The first-order chi connectivity index (χ1) is 15.7. The predicted octanol–water partition coefficient (Wildman–Crippen LogP) is 4.40. The number of rotatable bonds is 5. The average Bonchev–Trinajstić information content (AvgIpc) is 3.16. The smallest absolute Gasteiger partial charge is 0.308 e. The van der Waals surface area contributed by atoms with Crippen molar-refractivity contribution in [3.8, 4) is 11.1 Å². The Balaban J connectivity index is 1.60. The summed E-state index contributed by atoms with van der Waals surface area (Å²) in [6.07, 6.45) is 1.68. The minimum atomic E-state index is -2.68. The molecule has 8 nitrogen and oxygen atoms in total. The molecule has 0 spiro atoms. The molecule has 1 atom stereocenters. The highest BCUT2D eigenvalue weighted by molar-refractivity contribution is 7.72. The number of aryl methyl sites for hydroxylation is 2. The summed E-state index contributed by atoms with van der Waals surface area (Å²) in [6, 6.07) is 12.7. The molecule has 0 saturated heterocycles. The van der Waals surface area contributed by atoms with Crippen molar-refractivity contribution in [1.82, 2.24) is 14.8 Å². The monoisotopic (exact) mass is 467 g/mol. The van der Waals surface area contributed by atoms with E-state index in [0.29, 0.717) is 17.0 Å². The summed E-state index contributed by atoms with van der Waals surface area (Å²) in [5, 5.41) is 9.46. The Labute approximate surface area is 191 Å². The fourth-order valence-electron chi connectivity index (χ4n) is 3.45. The first kappa shape index (κ1) is 22.4. The molecule has 0 fully saturated rings. The molecule has 170 valence electrons. The van der Waals surface area contributed by atoms with E-state index in [-0.39, 0.29) is 5.69 Å². The van der Waals surface area contributed by atoms with E-state index >= 15 is 0 Å². The minimum Gasteiger partial charge on any atom is -0.308 e. The van der Waals surface area contributed by atoms with Crippen LogP contribution in [0.25, 0.3) is 22.2 Å². The molecule has 2 aromatic carbocycles. The quantitative estimate of drug-likeness (QED) is 0.377. The molecule has 0 aliphatic rings. The van der Waals surface area contributed by atoms with Crippen LogP contribution in [0, 0.1) is 12.7 Å². The van der Waals surface area contributed by atoms with Crippen LogP contribution in [-0.4, -0.2) is 29.2 Å². The van der Waals surface area contributed by atoms with Gasteiger partial charge in [-0.05, 0) is 60.9 Å². The van der Waals surface area contributed by atoms with E-state index in [1.165, 1.54) is 6.07 Å². The number of aromatic nitrogens is 3. The zero-order chi connectivity index (χ0) is 23.7. The summed E-state index contributed by atoms with van der Waals surface area (Å²) in [5.74, 6) is -0.519. The van der Waals surface area contributed by atoms with Crippen molar-refractivity contribution < 1.29 is 17.6 Å². The van der Waals surface area contributed by atoms with Gasteiger partial charge in [-0.3, -0.25) is 4.68 Å². The second-order valence-electron chi connectivity index (χ2n) is 7.70. The van der Waals surface area contributed by atoms with Crippen molar-refractivity contribution >= 4 is 39.1 Å². The van der Waals surface area contributed by atoms with Gasteiger partial charge in [0.05, 0.1) is 22.8 Å². The lowest BCUT2D eigenvalue weighted by atomic mass is 10.0. The highest BCUT2D eigenvalue weighted by Gasteiger charge is 2.17. The second kappa shape index (κ2) is 8.99. The van der Waals surface area contributed by atoms with Crippen LogP contribution in [-0.2, 0) is 17.8 Å². The molecule has 2 aromatic heterocycles. The largest absolute Gasteiger partial charge is 0.323 e. The van der Waals surface area contributed by atoms with E-state index in [0.717, 1.165) is 22.1 Å². The number of hydrogen-bond donors (Lipinski definition) is 3. The molecule has 4 rings (SSSR count). The molecule has 2 heterocycles. The van der Waals surface area contributed by atoms with E-state index in [1.54, 1.807) is 74.2 Å². The Morgan fingerprint density at radius 2 is 1.82 bits per heavy atom. The lowest BCUT2D eigenvalue weighted by Gasteiger charge is -2.11. The Bertz CT molecular complexity index is 1420. The van der Waals surface area contributed by atoms with E-state index in [1.807, 2.05) is 0 Å². The van der Waals surface area contributed by atoms with Crippen LogP contribution in [0.5, 0.6) is 0 Å². The number of carbonyl (C=O) groups is 1. The lowest BCUT2D eigenvalue weighted by Crippen LogP contribution is -2.20. The summed E-state index contributed by atoms with van der Waals surface area (Å²) in [5.41, 5.74) is 4.03. The van der Waals surface area contributed by atoms with Crippen LogP contribution in [0.1, 0.15) is 23.4 Å². The molecule has 33 heavy (non-hydrogen) atoms. The first-order valence-corrected chi connectivity index (χ1v) is 11.4. The number of nitrogens with one attached hydrogen (secondary N) is 2. The molecule has 0 radical (unpaired) electrons. The number of carbonyl (C=O) groups excluding carboxylic acids is 1. The maximum atomic E-state index is 13.9. The number of amides is 2. The normalized spacial score (nSPS) is 12.2. The van der Waals surface area contributed by atoms with Gasteiger partial charge in [0.2, 0.25) is 0 Å². The van der Waals surface area contributed by atoms with Gasteiger partial charge in [0, 0.05) is 18.1 Å². The molecule has 0 aliphatic carbocycles. The summed E-state index contributed by atoms with van der Waals surface area (Å²) >= 11 is 0. The number of halogens is 1. The number of benzene rings is 2. The van der Waals surface area contributed by atoms with Gasteiger partial charge in [0.15, 0.2) is 5.65 Å². The average molecular weight is 468 g/mol. The van der Waals surface area contributed by atoms with Crippen LogP contribution >= 0.6 is 0 Å². The van der Waals surface area contributed by atoms with Crippen molar-refractivity contribution in [2.75, 3.05) is 10.6 Å². The third-order valence-electron chi connectivity index (χ3n) is 5.29. The molecule has 2 N–H and O–H groups in total. The Kier molecular flexibility index (Phi) is 6.10. The maximum Gasteiger partial charge on any atom is 0.323 e. The number of anilines is 2. The highest BCUT2D eigenvalue weighted by atomic mass is 32.2. The number of thiol groups is 1. The number of pyridine rings is 1. The fraction of sp³-hybridized carbons (Fsp3) is 0.174. The molecule has 10 heteroatoms. The minimum absolute atomic E-state index is 0.0956. The lowest BCUT2D eigenvalue weighted by molar-refractivity contribution is 0.262. The van der Waals surface area contributed by atoms with Gasteiger partial charge in [-0.15, -0.1) is 0 Å². The van der Waals surface area contributed by atoms with Crippen molar-refractivity contribution in [1.29, 1.82) is 0 Å². The molecular formula is C23H22FN5O3S. The van der Waals surface area contributed by atoms with Gasteiger partial charge in [0.25, 0.3) is 0 Å². The highest BCUT2D eigenvalue weighted by Crippen LogP contribution is 2.31. The molecule has 2 amide bonds. The third-order valence-corrected chi connectivity index (χ3v) is 6.19. The van der Waals surface area contributed by atoms with Crippen LogP contribution in [0.2, 0.25) is 0 Å². The van der Waals surface area contributed by atoms with Crippen LogP contribution in [0.4, 0.5) is 20.6 Å². The van der Waals surface area contributed by atoms with Crippen LogP contribution in [0.3, 0.4) is 0 Å². The molecule has 4 aromatic rings. The van der Waals surface area contributed by atoms with Gasteiger partial charge in [-0.2, -0.15) is 5.10 Å². The summed E-state index contributed by atoms with van der Waals surface area (Å²) in [6.45, 7) is 3.39. The van der Waals surface area contributed by atoms with E-state index in [2.05, 4.69) is 20.7 Å². The predicted molar refractivity (Wildman–Crippen MR) is 126 cm³/mol. The van der Waals surface area contributed by atoms with Crippen LogP contribution < -0.4 is 10.6 Å². The Hall–Kier alpha value is -3.79. The number of fused-ring (bicyclic) bond motifs is 1. The molecular weight excluding hydrogens is 445 g/mol. The molecule has 1 unspecified atom stereocenters. The van der Waals surface area contributed by atoms with Crippen LogP contribution in [0.15, 0.2) is 54.7 Å². The number of nitrogens with zero attached hydrogens (tertiary/aromatic N) is 3. The van der Waals surface area contributed by atoms with Crippen molar-refractivity contribution in [2.24, 2.45) is 7.05 Å². The van der Waals surface area contributed by atoms with Crippen molar-refractivity contribution in [3.05, 3.63) is 71.8 Å². The Morgan fingerprint density at radius 3 is 2.52 bits per heavy atom. The van der Waals surface area contributed by atoms with Crippen molar-refractivity contribution in [2.45, 2.75) is 19.1 Å².